The molecule has 2 nitrogen and oxygen atoms in total. The average Bonchev–Trinajstić information content (AvgIpc) is 3.15. The largest absolute Gasteiger partial charge is 0.292 e. The Balaban J connectivity index is 1.38. The van der Waals surface area contributed by atoms with Crippen LogP contribution in [-0.2, 0) is 0 Å². The normalized spacial score (nSPS) is 11.3. The van der Waals surface area contributed by atoms with E-state index in [4.69, 9.17) is 0 Å². The van der Waals surface area contributed by atoms with E-state index in [1.165, 1.54) is 101 Å². The Bertz CT molecular complexity index is 630. The lowest BCUT2D eigenvalue weighted by molar-refractivity contribution is 0.0979. The van der Waals surface area contributed by atoms with Gasteiger partial charge in [0.1, 0.15) is 0 Å². The third-order valence-electron chi connectivity index (χ3n) is 5.54. The summed E-state index contributed by atoms with van der Waals surface area (Å²) >= 11 is 1.53. The maximum absolute atomic E-state index is 12.3. The summed E-state index contributed by atoms with van der Waals surface area (Å²) in [4.78, 5) is 16.8. The van der Waals surface area contributed by atoms with Crippen LogP contribution in [0.25, 0.3) is 10.2 Å². The van der Waals surface area contributed by atoms with Crippen LogP contribution >= 0.6 is 11.3 Å². The minimum atomic E-state index is 0.218. The van der Waals surface area contributed by atoms with Crippen molar-refractivity contribution >= 4 is 27.3 Å². The van der Waals surface area contributed by atoms with Gasteiger partial charge in [0.25, 0.3) is 0 Å². The Hall–Kier alpha value is -1.22. The molecule has 1 heterocycles. The van der Waals surface area contributed by atoms with Crippen LogP contribution in [0.3, 0.4) is 0 Å². The first-order valence-electron chi connectivity index (χ1n) is 11.7. The number of ketones is 1. The number of Topliss-reactive ketones (excluding diaryl/α,β-unsaturated/α-hetero) is 1. The second-order valence-corrected chi connectivity index (χ2v) is 9.14. The lowest BCUT2D eigenvalue weighted by Crippen LogP contribution is -1.97. The van der Waals surface area contributed by atoms with E-state index in [1.54, 1.807) is 0 Å². The fourth-order valence-corrected chi connectivity index (χ4v) is 4.69. The number of nitrogens with zero attached hydrogens (tertiary/aromatic N) is 1. The van der Waals surface area contributed by atoms with Crippen LogP contribution < -0.4 is 0 Å². The van der Waals surface area contributed by atoms with Crippen molar-refractivity contribution in [3.05, 3.63) is 29.3 Å². The summed E-state index contributed by atoms with van der Waals surface area (Å²) in [5.74, 6) is 0.218. The van der Waals surface area contributed by atoms with Crippen LogP contribution in [0.5, 0.6) is 0 Å². The number of carbonyl (C=O) groups excluding carboxylic acids is 1. The highest BCUT2D eigenvalue weighted by molar-refractivity contribution is 7.20. The molecule has 28 heavy (non-hydrogen) atoms. The first-order chi connectivity index (χ1) is 13.8. The second-order valence-electron chi connectivity index (χ2n) is 8.11. The minimum absolute atomic E-state index is 0.218. The molecule has 0 amide bonds. The molecule has 3 heteroatoms. The molecule has 0 aliphatic rings. The molecule has 2 aromatic rings. The van der Waals surface area contributed by atoms with Gasteiger partial charge in [0.2, 0.25) is 0 Å². The number of benzene rings is 1. The Morgan fingerprint density at radius 2 is 1.25 bits per heavy atom. The minimum Gasteiger partial charge on any atom is -0.292 e. The van der Waals surface area contributed by atoms with Crippen molar-refractivity contribution in [3.63, 3.8) is 0 Å². The monoisotopic (exact) mass is 401 g/mol. The lowest BCUT2D eigenvalue weighted by Gasteiger charge is -2.03. The maximum atomic E-state index is 12.3. The number of carbonyl (C=O) groups is 1. The Kier molecular flexibility index (Phi) is 12.1. The molecule has 0 radical (unpaired) electrons. The van der Waals surface area contributed by atoms with Crippen molar-refractivity contribution in [1.82, 2.24) is 4.98 Å². The molecule has 0 atom stereocenters. The number of hydrogen-bond acceptors (Lipinski definition) is 3. The zero-order valence-electron chi connectivity index (χ0n) is 17.9. The van der Waals surface area contributed by atoms with Gasteiger partial charge in [0.05, 0.1) is 10.2 Å². The van der Waals surface area contributed by atoms with Gasteiger partial charge in [0.15, 0.2) is 10.8 Å². The molecule has 1 aromatic carbocycles. The van der Waals surface area contributed by atoms with Gasteiger partial charge in [-0.15, -0.1) is 11.3 Å². The van der Waals surface area contributed by atoms with E-state index in [0.717, 1.165) is 16.6 Å². The van der Waals surface area contributed by atoms with E-state index in [0.29, 0.717) is 11.4 Å². The van der Waals surface area contributed by atoms with Crippen LogP contribution in [0, 0.1) is 0 Å². The summed E-state index contributed by atoms with van der Waals surface area (Å²) in [6, 6.07) is 8.00. The predicted molar refractivity (Wildman–Crippen MR) is 123 cm³/mol. The van der Waals surface area contributed by atoms with E-state index in [1.807, 2.05) is 24.3 Å². The fourth-order valence-electron chi connectivity index (χ4n) is 3.76. The molecule has 0 aliphatic heterocycles. The van der Waals surface area contributed by atoms with E-state index >= 15 is 0 Å². The SMILES string of the molecule is CCCCCCCCCCCCCCCCCC(=O)c1nc2ccccc2s1. The first-order valence-corrected chi connectivity index (χ1v) is 12.5. The van der Waals surface area contributed by atoms with Crippen molar-refractivity contribution in [3.8, 4) is 0 Å². The van der Waals surface area contributed by atoms with Gasteiger partial charge in [0, 0.05) is 6.42 Å². The van der Waals surface area contributed by atoms with Crippen molar-refractivity contribution in [2.45, 2.75) is 110 Å². The summed E-state index contributed by atoms with van der Waals surface area (Å²) in [6.45, 7) is 2.28. The topological polar surface area (TPSA) is 30.0 Å². The van der Waals surface area contributed by atoms with Crippen molar-refractivity contribution in [2.24, 2.45) is 0 Å². The average molecular weight is 402 g/mol. The van der Waals surface area contributed by atoms with Crippen LogP contribution in [0.4, 0.5) is 0 Å². The molecule has 0 unspecified atom stereocenters. The highest BCUT2D eigenvalue weighted by Gasteiger charge is 2.11. The number of para-hydroxylation sites is 1. The van der Waals surface area contributed by atoms with Gasteiger partial charge in [-0.05, 0) is 18.6 Å². The molecule has 156 valence electrons. The van der Waals surface area contributed by atoms with Gasteiger partial charge in [-0.3, -0.25) is 4.79 Å². The second kappa shape index (κ2) is 14.7. The smallest absolute Gasteiger partial charge is 0.191 e. The zero-order valence-corrected chi connectivity index (χ0v) is 18.7. The van der Waals surface area contributed by atoms with Crippen molar-refractivity contribution < 1.29 is 4.79 Å². The quantitative estimate of drug-likeness (QED) is 0.196. The van der Waals surface area contributed by atoms with Crippen molar-refractivity contribution in [1.29, 1.82) is 0 Å². The number of aromatic nitrogens is 1. The molecule has 0 N–H and O–H groups in total. The lowest BCUT2D eigenvalue weighted by atomic mass is 10.0. The highest BCUT2D eigenvalue weighted by Crippen LogP contribution is 2.23. The van der Waals surface area contributed by atoms with Gasteiger partial charge in [-0.2, -0.15) is 0 Å². The Morgan fingerprint density at radius 1 is 0.750 bits per heavy atom. The van der Waals surface area contributed by atoms with Gasteiger partial charge < -0.3 is 0 Å². The van der Waals surface area contributed by atoms with E-state index in [-0.39, 0.29) is 5.78 Å². The molecule has 0 fully saturated rings. The number of hydrogen-bond donors (Lipinski definition) is 0. The fraction of sp³-hybridized carbons (Fsp3) is 0.680. The van der Waals surface area contributed by atoms with Crippen LogP contribution in [0.2, 0.25) is 0 Å². The van der Waals surface area contributed by atoms with Crippen LogP contribution in [0.15, 0.2) is 24.3 Å². The standard InChI is InChI=1S/C25H39NOS/c1-2-3-4-5-6-7-8-9-10-11-12-13-14-15-16-20-23(27)25-26-22-19-17-18-21-24(22)28-25/h17-19,21H,2-16,20H2,1H3. The van der Waals surface area contributed by atoms with Gasteiger partial charge in [-0.25, -0.2) is 4.98 Å². The number of unbranched alkanes of at least 4 members (excludes halogenated alkanes) is 14. The van der Waals surface area contributed by atoms with Gasteiger partial charge in [-0.1, -0.05) is 109 Å². The molecular weight excluding hydrogens is 362 g/mol. The van der Waals surface area contributed by atoms with E-state index in [9.17, 15) is 4.79 Å². The highest BCUT2D eigenvalue weighted by atomic mass is 32.1. The first kappa shape index (κ1) is 23.1. The van der Waals surface area contributed by atoms with Crippen LogP contribution in [0.1, 0.15) is 119 Å². The molecular formula is C25H39NOS. The third kappa shape index (κ3) is 9.32. The summed E-state index contributed by atoms with van der Waals surface area (Å²) < 4.78 is 1.11. The molecule has 0 saturated carbocycles. The molecule has 1 aromatic heterocycles. The maximum Gasteiger partial charge on any atom is 0.191 e. The summed E-state index contributed by atoms with van der Waals surface area (Å²) in [5.41, 5.74) is 0.951. The molecule has 0 saturated heterocycles. The van der Waals surface area contributed by atoms with Crippen molar-refractivity contribution in [2.75, 3.05) is 0 Å². The molecule has 2 rings (SSSR count). The Morgan fingerprint density at radius 3 is 1.79 bits per heavy atom. The summed E-state index contributed by atoms with van der Waals surface area (Å²) in [6.07, 6.45) is 20.9. The van der Waals surface area contributed by atoms with E-state index < -0.39 is 0 Å². The number of fused-ring (bicyclic) bond motifs is 1. The molecule has 0 aliphatic carbocycles. The summed E-state index contributed by atoms with van der Waals surface area (Å²) in [5, 5.41) is 0.687. The Labute approximate surface area is 176 Å². The van der Waals surface area contributed by atoms with Crippen LogP contribution in [-0.4, -0.2) is 10.8 Å². The summed E-state index contributed by atoms with van der Waals surface area (Å²) in [7, 11) is 0. The zero-order chi connectivity index (χ0) is 19.9. The third-order valence-corrected chi connectivity index (χ3v) is 6.62. The number of rotatable bonds is 17. The predicted octanol–water partition coefficient (Wildman–Crippen LogP) is 8.74. The molecule has 0 spiro atoms. The van der Waals surface area contributed by atoms with Gasteiger partial charge >= 0.3 is 0 Å². The number of thiazole rings is 1. The van der Waals surface area contributed by atoms with E-state index in [2.05, 4.69) is 11.9 Å². The molecule has 0 bridgehead atoms.